The number of aryl methyl sites for hydroxylation is 1. The van der Waals surface area contributed by atoms with Crippen molar-refractivity contribution in [2.24, 2.45) is 0 Å². The number of benzene rings is 2. The SMILES string of the molecule is CC1=[N+](C)c2ccc(Cl)cc2C1(C)C.Cc1ccc(S(=O)(=O)[O-])cc1. The molecular formula is C19H22ClNO3S. The molecule has 0 fully saturated rings. The minimum Gasteiger partial charge on any atom is -0.744 e. The molecule has 0 atom stereocenters. The van der Waals surface area contributed by atoms with Crippen LogP contribution in [0.4, 0.5) is 5.69 Å². The molecule has 0 saturated heterocycles. The molecule has 6 heteroatoms. The van der Waals surface area contributed by atoms with Gasteiger partial charge in [-0.15, -0.1) is 0 Å². The predicted octanol–water partition coefficient (Wildman–Crippen LogP) is 4.27. The molecule has 2 aromatic rings. The Morgan fingerprint density at radius 1 is 1.04 bits per heavy atom. The Morgan fingerprint density at radius 3 is 2.12 bits per heavy atom. The van der Waals surface area contributed by atoms with Crippen LogP contribution in [0.25, 0.3) is 0 Å². The van der Waals surface area contributed by atoms with Crippen LogP contribution in [-0.2, 0) is 15.5 Å². The number of nitrogens with zero attached hydrogens (tertiary/aromatic N) is 1. The zero-order valence-electron chi connectivity index (χ0n) is 15.0. The van der Waals surface area contributed by atoms with E-state index in [1.54, 1.807) is 12.1 Å². The Labute approximate surface area is 154 Å². The standard InChI is InChI=1S/C12H15ClN.C7H8O3S/c1-8-12(2,3)10-7-9(13)5-6-11(10)14(8)4;1-6-2-4-7(5-3-6)11(8,9)10/h5-7H,1-4H3;2-5H,1H3,(H,8,9,10)/q+1;/p-1. The fourth-order valence-electron chi connectivity index (χ4n) is 2.80. The molecule has 25 heavy (non-hydrogen) atoms. The molecule has 0 aromatic heterocycles. The van der Waals surface area contributed by atoms with Gasteiger partial charge < -0.3 is 4.55 Å². The van der Waals surface area contributed by atoms with E-state index in [-0.39, 0.29) is 10.3 Å². The van der Waals surface area contributed by atoms with E-state index >= 15 is 0 Å². The van der Waals surface area contributed by atoms with Gasteiger partial charge >= 0.3 is 0 Å². The van der Waals surface area contributed by atoms with Gasteiger partial charge in [0, 0.05) is 23.6 Å². The van der Waals surface area contributed by atoms with Crippen LogP contribution < -0.4 is 0 Å². The van der Waals surface area contributed by atoms with Gasteiger partial charge in [0.1, 0.15) is 17.2 Å². The van der Waals surface area contributed by atoms with Crippen molar-refractivity contribution < 1.29 is 17.5 Å². The quantitative estimate of drug-likeness (QED) is 0.549. The normalized spacial score (nSPS) is 15.5. The maximum absolute atomic E-state index is 10.4. The Hall–Kier alpha value is -1.69. The highest BCUT2D eigenvalue weighted by Crippen LogP contribution is 2.39. The fraction of sp³-hybridized carbons (Fsp3) is 0.316. The molecule has 1 aliphatic rings. The summed E-state index contributed by atoms with van der Waals surface area (Å²) >= 11 is 6.02. The van der Waals surface area contributed by atoms with Crippen molar-refractivity contribution in [3.8, 4) is 0 Å². The summed E-state index contributed by atoms with van der Waals surface area (Å²) in [5.74, 6) is 0. The maximum atomic E-state index is 10.4. The number of rotatable bonds is 1. The Kier molecular flexibility index (Phi) is 5.42. The van der Waals surface area contributed by atoms with Gasteiger partial charge in [0.25, 0.3) is 0 Å². The molecule has 3 rings (SSSR count). The van der Waals surface area contributed by atoms with E-state index in [4.69, 9.17) is 11.6 Å². The molecular weight excluding hydrogens is 358 g/mol. The van der Waals surface area contributed by atoms with Crippen LogP contribution >= 0.6 is 11.6 Å². The molecule has 1 aliphatic heterocycles. The minimum absolute atomic E-state index is 0.106. The van der Waals surface area contributed by atoms with Crippen molar-refractivity contribution in [3.63, 3.8) is 0 Å². The third-order valence-electron chi connectivity index (χ3n) is 4.71. The van der Waals surface area contributed by atoms with Gasteiger partial charge in [0.2, 0.25) is 5.69 Å². The van der Waals surface area contributed by atoms with Gasteiger partial charge in [0.05, 0.1) is 10.3 Å². The lowest BCUT2D eigenvalue weighted by Crippen LogP contribution is -2.25. The summed E-state index contributed by atoms with van der Waals surface area (Å²) in [5.41, 5.74) is 5.00. The van der Waals surface area contributed by atoms with Crippen molar-refractivity contribution in [3.05, 3.63) is 58.6 Å². The third kappa shape index (κ3) is 4.11. The van der Waals surface area contributed by atoms with Crippen LogP contribution in [0.1, 0.15) is 31.9 Å². The van der Waals surface area contributed by atoms with E-state index in [1.807, 2.05) is 13.0 Å². The highest BCUT2D eigenvalue weighted by Gasteiger charge is 2.41. The Morgan fingerprint density at radius 2 is 1.60 bits per heavy atom. The highest BCUT2D eigenvalue weighted by atomic mass is 35.5. The molecule has 0 unspecified atom stereocenters. The average Bonchev–Trinajstić information content (AvgIpc) is 2.68. The maximum Gasteiger partial charge on any atom is 0.209 e. The summed E-state index contributed by atoms with van der Waals surface area (Å²) in [4.78, 5) is -0.178. The molecule has 4 nitrogen and oxygen atoms in total. The summed E-state index contributed by atoms with van der Waals surface area (Å²) in [6, 6.07) is 11.9. The molecule has 2 aromatic carbocycles. The first kappa shape index (κ1) is 19.6. The summed E-state index contributed by atoms with van der Waals surface area (Å²) in [6.45, 7) is 8.47. The smallest absolute Gasteiger partial charge is 0.209 e. The first-order valence-electron chi connectivity index (χ1n) is 7.85. The monoisotopic (exact) mass is 379 g/mol. The fourth-order valence-corrected chi connectivity index (χ4v) is 3.44. The van der Waals surface area contributed by atoms with E-state index in [0.717, 1.165) is 10.6 Å². The van der Waals surface area contributed by atoms with Crippen LogP contribution in [0.3, 0.4) is 0 Å². The largest absolute Gasteiger partial charge is 0.744 e. The van der Waals surface area contributed by atoms with Crippen molar-refractivity contribution in [2.75, 3.05) is 7.05 Å². The van der Waals surface area contributed by atoms with Crippen LogP contribution in [0.2, 0.25) is 5.02 Å². The number of fused-ring (bicyclic) bond motifs is 1. The zero-order valence-corrected chi connectivity index (χ0v) is 16.6. The first-order chi connectivity index (χ1) is 11.4. The summed E-state index contributed by atoms with van der Waals surface area (Å²) in [7, 11) is -2.16. The second-order valence-corrected chi connectivity index (χ2v) is 8.51. The molecule has 0 amide bonds. The van der Waals surface area contributed by atoms with E-state index < -0.39 is 10.1 Å². The second kappa shape index (κ2) is 6.90. The minimum atomic E-state index is -4.27. The van der Waals surface area contributed by atoms with Gasteiger partial charge in [-0.2, -0.15) is 0 Å². The first-order valence-corrected chi connectivity index (χ1v) is 9.63. The zero-order chi connectivity index (χ0) is 19.0. The van der Waals surface area contributed by atoms with Crippen molar-refractivity contribution in [2.45, 2.75) is 38.0 Å². The van der Waals surface area contributed by atoms with Crippen LogP contribution in [0.5, 0.6) is 0 Å². The molecule has 0 saturated carbocycles. The molecule has 0 radical (unpaired) electrons. The third-order valence-corrected chi connectivity index (χ3v) is 5.80. The predicted molar refractivity (Wildman–Crippen MR) is 100 cm³/mol. The lowest BCUT2D eigenvalue weighted by Gasteiger charge is -2.14. The topological polar surface area (TPSA) is 60.2 Å². The number of hydrogen-bond acceptors (Lipinski definition) is 3. The van der Waals surface area contributed by atoms with E-state index in [1.165, 1.54) is 29.1 Å². The molecule has 0 spiro atoms. The summed E-state index contributed by atoms with van der Waals surface area (Å²) in [6.07, 6.45) is 0. The second-order valence-electron chi connectivity index (χ2n) is 6.70. The van der Waals surface area contributed by atoms with Crippen LogP contribution in [0, 0.1) is 6.92 Å². The molecule has 0 N–H and O–H groups in total. The Bertz CT molecular complexity index is 930. The van der Waals surface area contributed by atoms with E-state index in [0.29, 0.717) is 0 Å². The van der Waals surface area contributed by atoms with Gasteiger partial charge in [-0.1, -0.05) is 29.3 Å². The van der Waals surface area contributed by atoms with E-state index in [9.17, 15) is 13.0 Å². The lowest BCUT2D eigenvalue weighted by molar-refractivity contribution is -0.403. The number of hydrogen-bond donors (Lipinski definition) is 0. The van der Waals surface area contributed by atoms with Crippen LogP contribution in [0.15, 0.2) is 47.4 Å². The lowest BCUT2D eigenvalue weighted by atomic mass is 9.82. The average molecular weight is 380 g/mol. The molecule has 0 aliphatic carbocycles. The summed E-state index contributed by atoms with van der Waals surface area (Å²) < 4.78 is 33.4. The van der Waals surface area contributed by atoms with Gasteiger partial charge in [0.15, 0.2) is 5.71 Å². The van der Waals surface area contributed by atoms with Crippen LogP contribution in [-0.4, -0.2) is 30.3 Å². The Balaban J connectivity index is 0.000000186. The highest BCUT2D eigenvalue weighted by molar-refractivity contribution is 7.85. The van der Waals surface area contributed by atoms with E-state index in [2.05, 4.69) is 44.5 Å². The van der Waals surface area contributed by atoms with Crippen molar-refractivity contribution in [1.82, 2.24) is 0 Å². The number of halogens is 1. The van der Waals surface area contributed by atoms with Gasteiger partial charge in [-0.05, 0) is 45.0 Å². The van der Waals surface area contributed by atoms with Crippen molar-refractivity contribution >= 4 is 33.1 Å². The molecule has 1 heterocycles. The summed E-state index contributed by atoms with van der Waals surface area (Å²) in [5, 5.41) is 0.819. The van der Waals surface area contributed by atoms with Gasteiger partial charge in [-0.3, -0.25) is 0 Å². The van der Waals surface area contributed by atoms with Crippen molar-refractivity contribution in [1.29, 1.82) is 0 Å². The molecule has 134 valence electrons. The van der Waals surface area contributed by atoms with Gasteiger partial charge in [-0.25, -0.2) is 13.0 Å². The molecule has 0 bridgehead atoms.